The fourth-order valence-corrected chi connectivity index (χ4v) is 4.09. The predicted molar refractivity (Wildman–Crippen MR) is 114 cm³/mol. The second-order valence-corrected chi connectivity index (χ2v) is 7.91. The van der Waals surface area contributed by atoms with Gasteiger partial charge in [0.05, 0.1) is 27.7 Å². The number of rotatable bonds is 5. The van der Waals surface area contributed by atoms with Crippen molar-refractivity contribution in [3.05, 3.63) is 70.2 Å². The molecule has 0 unspecified atom stereocenters. The van der Waals surface area contributed by atoms with Gasteiger partial charge in [-0.2, -0.15) is 5.10 Å². The van der Waals surface area contributed by atoms with E-state index in [1.807, 2.05) is 59.5 Å². The smallest absolute Gasteiger partial charge is 0.254 e. The van der Waals surface area contributed by atoms with Gasteiger partial charge in [0.1, 0.15) is 0 Å². The molecular weight excluding hydrogens is 392 g/mol. The first-order chi connectivity index (χ1) is 13.6. The SMILES string of the molecule is CCn1ncc2c(C(=O)N(C)Cc3cccc(Cl)c3)cc(-c3cccs3)nc21. The molecule has 0 fully saturated rings. The van der Waals surface area contributed by atoms with Crippen LogP contribution < -0.4 is 0 Å². The van der Waals surface area contributed by atoms with Gasteiger partial charge < -0.3 is 4.90 Å². The van der Waals surface area contributed by atoms with E-state index in [-0.39, 0.29) is 5.91 Å². The van der Waals surface area contributed by atoms with Crippen LogP contribution in [-0.4, -0.2) is 32.6 Å². The van der Waals surface area contributed by atoms with E-state index in [1.54, 1.807) is 29.5 Å². The highest BCUT2D eigenvalue weighted by molar-refractivity contribution is 7.13. The van der Waals surface area contributed by atoms with Crippen LogP contribution in [0, 0.1) is 0 Å². The molecule has 1 aromatic carbocycles. The van der Waals surface area contributed by atoms with E-state index in [2.05, 4.69) is 5.10 Å². The lowest BCUT2D eigenvalue weighted by molar-refractivity contribution is 0.0787. The van der Waals surface area contributed by atoms with Gasteiger partial charge in [-0.3, -0.25) is 4.79 Å². The number of hydrogen-bond donors (Lipinski definition) is 0. The van der Waals surface area contributed by atoms with Crippen molar-refractivity contribution in [2.45, 2.75) is 20.0 Å². The maximum atomic E-state index is 13.3. The van der Waals surface area contributed by atoms with Gasteiger partial charge in [-0.1, -0.05) is 29.8 Å². The van der Waals surface area contributed by atoms with Gasteiger partial charge >= 0.3 is 0 Å². The van der Waals surface area contributed by atoms with Crippen molar-refractivity contribution in [2.75, 3.05) is 7.05 Å². The third-order valence-corrected chi connectivity index (χ3v) is 5.70. The second-order valence-electron chi connectivity index (χ2n) is 6.52. The van der Waals surface area contributed by atoms with Gasteiger partial charge in [-0.15, -0.1) is 11.3 Å². The second kappa shape index (κ2) is 7.73. The number of hydrogen-bond acceptors (Lipinski definition) is 4. The molecule has 0 saturated heterocycles. The summed E-state index contributed by atoms with van der Waals surface area (Å²) in [5, 5.41) is 7.84. The Balaban J connectivity index is 1.76. The van der Waals surface area contributed by atoms with E-state index in [0.717, 1.165) is 27.2 Å². The Bertz CT molecular complexity index is 1140. The van der Waals surface area contributed by atoms with E-state index in [0.29, 0.717) is 23.7 Å². The van der Waals surface area contributed by atoms with Crippen LogP contribution in [-0.2, 0) is 13.1 Å². The Labute approximate surface area is 172 Å². The van der Waals surface area contributed by atoms with Crippen LogP contribution in [0.2, 0.25) is 5.02 Å². The highest BCUT2D eigenvalue weighted by Gasteiger charge is 2.20. The van der Waals surface area contributed by atoms with Crippen LogP contribution in [0.5, 0.6) is 0 Å². The molecule has 28 heavy (non-hydrogen) atoms. The standard InChI is InChI=1S/C21H19ClN4OS/c1-3-26-20-17(12-23-26)16(11-18(24-20)19-8-5-9-28-19)21(27)25(2)13-14-6-4-7-15(22)10-14/h4-12H,3,13H2,1-2H3. The first-order valence-corrected chi connectivity index (χ1v) is 10.2. The average Bonchev–Trinajstić information content (AvgIpc) is 3.36. The summed E-state index contributed by atoms with van der Waals surface area (Å²) in [4.78, 5) is 20.8. The molecule has 0 aliphatic rings. The highest BCUT2D eigenvalue weighted by Crippen LogP contribution is 2.28. The van der Waals surface area contributed by atoms with Gasteiger partial charge in [0.15, 0.2) is 5.65 Å². The van der Waals surface area contributed by atoms with Crippen LogP contribution in [0.15, 0.2) is 54.0 Å². The first kappa shape index (κ1) is 18.7. The lowest BCUT2D eigenvalue weighted by Gasteiger charge is -2.18. The fourth-order valence-electron chi connectivity index (χ4n) is 3.19. The van der Waals surface area contributed by atoms with E-state index < -0.39 is 0 Å². The predicted octanol–water partition coefficient (Wildman–Crippen LogP) is 5.11. The molecule has 0 bridgehead atoms. The molecule has 5 nitrogen and oxygen atoms in total. The summed E-state index contributed by atoms with van der Waals surface area (Å²) in [6, 6.07) is 13.4. The normalized spacial score (nSPS) is 11.1. The highest BCUT2D eigenvalue weighted by atomic mass is 35.5. The molecule has 3 aromatic heterocycles. The van der Waals surface area contributed by atoms with Gasteiger partial charge in [0.25, 0.3) is 5.91 Å². The van der Waals surface area contributed by atoms with E-state index >= 15 is 0 Å². The quantitative estimate of drug-likeness (QED) is 0.459. The van der Waals surface area contributed by atoms with Crippen molar-refractivity contribution >= 4 is 39.9 Å². The number of halogens is 1. The fraction of sp³-hybridized carbons (Fsp3) is 0.190. The van der Waals surface area contributed by atoms with Crippen LogP contribution >= 0.6 is 22.9 Å². The largest absolute Gasteiger partial charge is 0.337 e. The number of carbonyl (C=O) groups excluding carboxylic acids is 1. The number of nitrogens with zero attached hydrogens (tertiary/aromatic N) is 4. The monoisotopic (exact) mass is 410 g/mol. The third-order valence-electron chi connectivity index (χ3n) is 4.57. The van der Waals surface area contributed by atoms with Crippen molar-refractivity contribution in [3.8, 4) is 10.6 Å². The average molecular weight is 411 g/mol. The van der Waals surface area contributed by atoms with Crippen LogP contribution in [0.1, 0.15) is 22.8 Å². The molecule has 3 heterocycles. The number of benzene rings is 1. The zero-order valence-corrected chi connectivity index (χ0v) is 17.2. The first-order valence-electron chi connectivity index (χ1n) is 8.97. The summed E-state index contributed by atoms with van der Waals surface area (Å²) in [5.41, 5.74) is 3.11. The lowest BCUT2D eigenvalue weighted by Crippen LogP contribution is -2.26. The van der Waals surface area contributed by atoms with E-state index in [9.17, 15) is 4.79 Å². The molecule has 0 aliphatic carbocycles. The van der Waals surface area contributed by atoms with Crippen LogP contribution in [0.4, 0.5) is 0 Å². The summed E-state index contributed by atoms with van der Waals surface area (Å²) in [6.07, 6.45) is 1.73. The summed E-state index contributed by atoms with van der Waals surface area (Å²) >= 11 is 7.68. The molecule has 0 spiro atoms. The Morgan fingerprint density at radius 1 is 1.25 bits per heavy atom. The number of fused-ring (bicyclic) bond motifs is 1. The van der Waals surface area contributed by atoms with Crippen molar-refractivity contribution in [3.63, 3.8) is 0 Å². The summed E-state index contributed by atoms with van der Waals surface area (Å²) in [5.74, 6) is -0.0687. The molecule has 4 rings (SSSR count). The maximum absolute atomic E-state index is 13.3. The van der Waals surface area contributed by atoms with Crippen molar-refractivity contribution in [1.82, 2.24) is 19.7 Å². The molecular formula is C21H19ClN4OS. The van der Waals surface area contributed by atoms with Crippen LogP contribution in [0.3, 0.4) is 0 Å². The molecule has 142 valence electrons. The molecule has 0 atom stereocenters. The minimum Gasteiger partial charge on any atom is -0.337 e. The van der Waals surface area contributed by atoms with Crippen molar-refractivity contribution < 1.29 is 4.79 Å². The molecule has 4 aromatic rings. The van der Waals surface area contributed by atoms with Gasteiger partial charge in [-0.05, 0) is 42.1 Å². The number of aromatic nitrogens is 3. The van der Waals surface area contributed by atoms with Crippen LogP contribution in [0.25, 0.3) is 21.6 Å². The van der Waals surface area contributed by atoms with Crippen molar-refractivity contribution in [2.24, 2.45) is 0 Å². The summed E-state index contributed by atoms with van der Waals surface area (Å²) in [6.45, 7) is 3.18. The zero-order valence-electron chi connectivity index (χ0n) is 15.6. The minimum atomic E-state index is -0.0687. The van der Waals surface area contributed by atoms with Gasteiger partial charge in [0.2, 0.25) is 0 Å². The summed E-state index contributed by atoms with van der Waals surface area (Å²) in [7, 11) is 1.80. The number of aryl methyl sites for hydroxylation is 1. The summed E-state index contributed by atoms with van der Waals surface area (Å²) < 4.78 is 1.82. The molecule has 1 amide bonds. The zero-order chi connectivity index (χ0) is 19.7. The number of pyridine rings is 1. The number of thiophene rings is 1. The molecule has 0 saturated carbocycles. The van der Waals surface area contributed by atoms with Crippen molar-refractivity contribution in [1.29, 1.82) is 0 Å². The topological polar surface area (TPSA) is 51.0 Å². The lowest BCUT2D eigenvalue weighted by atomic mass is 10.1. The molecule has 0 N–H and O–H groups in total. The third kappa shape index (κ3) is 3.53. The molecule has 0 radical (unpaired) electrons. The number of amides is 1. The Morgan fingerprint density at radius 2 is 2.11 bits per heavy atom. The van der Waals surface area contributed by atoms with Gasteiger partial charge in [0, 0.05) is 25.2 Å². The minimum absolute atomic E-state index is 0.0687. The number of carbonyl (C=O) groups is 1. The maximum Gasteiger partial charge on any atom is 0.254 e. The Morgan fingerprint density at radius 3 is 2.82 bits per heavy atom. The molecule has 0 aliphatic heterocycles. The van der Waals surface area contributed by atoms with E-state index in [1.165, 1.54) is 0 Å². The Hall–Kier alpha value is -2.70. The van der Waals surface area contributed by atoms with Gasteiger partial charge in [-0.25, -0.2) is 9.67 Å². The van der Waals surface area contributed by atoms with E-state index in [4.69, 9.17) is 16.6 Å². The Kier molecular flexibility index (Phi) is 5.15. The molecule has 7 heteroatoms.